The summed E-state index contributed by atoms with van der Waals surface area (Å²) in [6.07, 6.45) is 2.26. The quantitative estimate of drug-likeness (QED) is 0.909. The molecular formula is C15H16ClN3O. The third kappa shape index (κ3) is 2.91. The first kappa shape index (κ1) is 14.3. The Hall–Kier alpha value is -2.07. The molecule has 0 aliphatic rings. The predicted molar refractivity (Wildman–Crippen MR) is 82.2 cm³/mol. The van der Waals surface area contributed by atoms with Crippen LogP contribution in [-0.2, 0) is 6.42 Å². The largest absolute Gasteiger partial charge is 0.382 e. The Balaban J connectivity index is 2.30. The number of nitrogens with zero attached hydrogens (tertiary/aromatic N) is 1. The number of anilines is 2. The van der Waals surface area contributed by atoms with E-state index in [1.807, 2.05) is 32.0 Å². The predicted octanol–water partition coefficient (Wildman–Crippen LogP) is 3.44. The molecule has 104 valence electrons. The number of nitrogens with two attached hydrogens (primary N) is 1. The molecular weight excluding hydrogens is 274 g/mol. The van der Waals surface area contributed by atoms with Gasteiger partial charge in [-0.3, -0.25) is 4.79 Å². The third-order valence-corrected chi connectivity index (χ3v) is 3.41. The van der Waals surface area contributed by atoms with Gasteiger partial charge in [0.1, 0.15) is 5.82 Å². The minimum Gasteiger partial charge on any atom is -0.382 e. The van der Waals surface area contributed by atoms with Gasteiger partial charge in [-0.05, 0) is 30.5 Å². The number of carbonyl (C=O) groups excluding carboxylic acids is 1. The van der Waals surface area contributed by atoms with Crippen molar-refractivity contribution in [2.75, 3.05) is 11.1 Å². The maximum atomic E-state index is 12.2. The van der Waals surface area contributed by atoms with Crippen LogP contribution < -0.4 is 11.1 Å². The van der Waals surface area contributed by atoms with E-state index < -0.39 is 0 Å². The summed E-state index contributed by atoms with van der Waals surface area (Å²) in [5.41, 5.74) is 8.87. The summed E-state index contributed by atoms with van der Waals surface area (Å²) in [5.74, 6) is -0.0308. The van der Waals surface area contributed by atoms with Gasteiger partial charge < -0.3 is 11.1 Å². The highest BCUT2D eigenvalue weighted by atomic mass is 35.5. The minimum absolute atomic E-state index is 0.216. The zero-order chi connectivity index (χ0) is 14.7. The number of amides is 1. The van der Waals surface area contributed by atoms with Gasteiger partial charge in [-0.15, -0.1) is 0 Å². The molecule has 0 fully saturated rings. The first-order valence-electron chi connectivity index (χ1n) is 6.33. The van der Waals surface area contributed by atoms with Crippen LogP contribution in [0.15, 0.2) is 30.5 Å². The summed E-state index contributed by atoms with van der Waals surface area (Å²) >= 11 is 5.88. The lowest BCUT2D eigenvalue weighted by Crippen LogP contribution is -2.15. The van der Waals surface area contributed by atoms with E-state index in [2.05, 4.69) is 10.3 Å². The molecule has 1 heterocycles. The van der Waals surface area contributed by atoms with E-state index in [-0.39, 0.29) is 16.7 Å². The number of rotatable bonds is 3. The number of aromatic nitrogens is 1. The number of halogens is 1. The van der Waals surface area contributed by atoms with Crippen molar-refractivity contribution in [3.63, 3.8) is 0 Å². The second kappa shape index (κ2) is 5.92. The van der Waals surface area contributed by atoms with Crippen molar-refractivity contribution in [1.82, 2.24) is 4.98 Å². The Morgan fingerprint density at radius 3 is 2.85 bits per heavy atom. The molecule has 2 rings (SSSR count). The third-order valence-electron chi connectivity index (χ3n) is 3.11. The number of aryl methyl sites for hydroxylation is 2. The van der Waals surface area contributed by atoms with Gasteiger partial charge in [0.15, 0.2) is 0 Å². The molecule has 20 heavy (non-hydrogen) atoms. The number of para-hydroxylation sites is 1. The van der Waals surface area contributed by atoms with Crippen molar-refractivity contribution in [3.05, 3.63) is 52.2 Å². The lowest BCUT2D eigenvalue weighted by molar-refractivity contribution is 0.102. The van der Waals surface area contributed by atoms with Gasteiger partial charge >= 0.3 is 0 Å². The van der Waals surface area contributed by atoms with Gasteiger partial charge in [0.2, 0.25) is 0 Å². The molecule has 0 saturated heterocycles. The van der Waals surface area contributed by atoms with Crippen LogP contribution in [0.25, 0.3) is 0 Å². The van der Waals surface area contributed by atoms with Crippen LogP contribution in [0.1, 0.15) is 28.4 Å². The number of hydrogen-bond donors (Lipinski definition) is 2. The first-order valence-corrected chi connectivity index (χ1v) is 6.71. The summed E-state index contributed by atoms with van der Waals surface area (Å²) in [6, 6.07) is 7.45. The molecule has 1 aromatic carbocycles. The molecule has 5 heteroatoms. The second-order valence-corrected chi connectivity index (χ2v) is 4.91. The Kier molecular flexibility index (Phi) is 4.25. The van der Waals surface area contributed by atoms with Crippen molar-refractivity contribution in [2.45, 2.75) is 20.3 Å². The van der Waals surface area contributed by atoms with Crippen LogP contribution >= 0.6 is 11.6 Å². The summed E-state index contributed by atoms with van der Waals surface area (Å²) in [4.78, 5) is 16.1. The maximum Gasteiger partial charge on any atom is 0.257 e. The zero-order valence-electron chi connectivity index (χ0n) is 11.4. The molecule has 0 aliphatic carbocycles. The number of pyridine rings is 1. The van der Waals surface area contributed by atoms with E-state index in [0.717, 1.165) is 23.2 Å². The van der Waals surface area contributed by atoms with Crippen LogP contribution in [0, 0.1) is 6.92 Å². The molecule has 0 spiro atoms. The number of nitrogen functional groups attached to an aromatic ring is 1. The van der Waals surface area contributed by atoms with Crippen molar-refractivity contribution >= 4 is 29.0 Å². The molecule has 0 saturated carbocycles. The zero-order valence-corrected chi connectivity index (χ0v) is 12.2. The van der Waals surface area contributed by atoms with Gasteiger partial charge in [0, 0.05) is 11.9 Å². The van der Waals surface area contributed by atoms with Gasteiger partial charge in [0.05, 0.1) is 10.6 Å². The Morgan fingerprint density at radius 2 is 2.20 bits per heavy atom. The number of benzene rings is 1. The molecule has 2 aromatic rings. The van der Waals surface area contributed by atoms with Crippen molar-refractivity contribution in [2.24, 2.45) is 0 Å². The maximum absolute atomic E-state index is 12.2. The summed E-state index contributed by atoms with van der Waals surface area (Å²) in [6.45, 7) is 4.01. The van der Waals surface area contributed by atoms with Gasteiger partial charge in [0.25, 0.3) is 5.91 Å². The van der Waals surface area contributed by atoms with Crippen molar-refractivity contribution < 1.29 is 4.79 Å². The van der Waals surface area contributed by atoms with E-state index >= 15 is 0 Å². The fourth-order valence-corrected chi connectivity index (χ4v) is 2.13. The molecule has 4 nitrogen and oxygen atoms in total. The molecule has 0 atom stereocenters. The average Bonchev–Trinajstić information content (AvgIpc) is 2.44. The highest BCUT2D eigenvalue weighted by Crippen LogP contribution is 2.23. The summed E-state index contributed by atoms with van der Waals surface area (Å²) < 4.78 is 0. The normalized spacial score (nSPS) is 10.3. The fraction of sp³-hybridized carbons (Fsp3) is 0.200. The highest BCUT2D eigenvalue weighted by Gasteiger charge is 2.12. The standard InChI is InChI=1S/C15H16ClN3O/c1-3-10-6-4-5-9(2)13(10)19-15(20)11-7-12(16)14(17)18-8-11/h4-8H,3H2,1-2H3,(H2,17,18)(H,19,20). The van der Waals surface area contributed by atoms with E-state index in [1.54, 1.807) is 0 Å². The molecule has 0 bridgehead atoms. The Morgan fingerprint density at radius 1 is 1.45 bits per heavy atom. The molecule has 0 aliphatic heterocycles. The Labute approximate surface area is 123 Å². The second-order valence-electron chi connectivity index (χ2n) is 4.51. The highest BCUT2D eigenvalue weighted by molar-refractivity contribution is 6.33. The molecule has 0 radical (unpaired) electrons. The molecule has 1 aromatic heterocycles. The van der Waals surface area contributed by atoms with Crippen molar-refractivity contribution in [1.29, 1.82) is 0 Å². The monoisotopic (exact) mass is 289 g/mol. The topological polar surface area (TPSA) is 68.0 Å². The van der Waals surface area contributed by atoms with Crippen LogP contribution in [-0.4, -0.2) is 10.9 Å². The summed E-state index contributed by atoms with van der Waals surface area (Å²) in [5, 5.41) is 3.19. The van der Waals surface area contributed by atoms with E-state index in [4.69, 9.17) is 17.3 Å². The Bertz CT molecular complexity index is 656. The minimum atomic E-state index is -0.247. The number of nitrogens with one attached hydrogen (secondary N) is 1. The molecule has 3 N–H and O–H groups in total. The van der Waals surface area contributed by atoms with Gasteiger partial charge in [-0.25, -0.2) is 4.98 Å². The summed E-state index contributed by atoms with van der Waals surface area (Å²) in [7, 11) is 0. The van der Waals surface area contributed by atoms with E-state index in [0.29, 0.717) is 5.56 Å². The van der Waals surface area contributed by atoms with E-state index in [9.17, 15) is 4.79 Å². The van der Waals surface area contributed by atoms with Crippen molar-refractivity contribution in [3.8, 4) is 0 Å². The van der Waals surface area contributed by atoms with Crippen LogP contribution in [0.2, 0.25) is 5.02 Å². The van der Waals surface area contributed by atoms with Crippen LogP contribution in [0.4, 0.5) is 11.5 Å². The SMILES string of the molecule is CCc1cccc(C)c1NC(=O)c1cnc(N)c(Cl)c1. The lowest BCUT2D eigenvalue weighted by atomic mass is 10.1. The first-order chi connectivity index (χ1) is 9.52. The fourth-order valence-electron chi connectivity index (χ4n) is 1.96. The molecule has 0 unspecified atom stereocenters. The van der Waals surface area contributed by atoms with Crippen LogP contribution in [0.5, 0.6) is 0 Å². The van der Waals surface area contributed by atoms with E-state index in [1.165, 1.54) is 12.3 Å². The number of hydrogen-bond acceptors (Lipinski definition) is 3. The lowest BCUT2D eigenvalue weighted by Gasteiger charge is -2.13. The smallest absolute Gasteiger partial charge is 0.257 e. The number of carbonyl (C=O) groups is 1. The molecule has 1 amide bonds. The average molecular weight is 290 g/mol. The van der Waals surface area contributed by atoms with Gasteiger partial charge in [-0.2, -0.15) is 0 Å². The van der Waals surface area contributed by atoms with Gasteiger partial charge in [-0.1, -0.05) is 36.7 Å². The van der Waals surface area contributed by atoms with Crippen LogP contribution in [0.3, 0.4) is 0 Å².